The number of nitrogens with two attached hydrogens (primary N) is 1. The first-order valence-corrected chi connectivity index (χ1v) is 7.34. The number of aromatic nitrogens is 1. The maximum absolute atomic E-state index is 13.8. The van der Waals surface area contributed by atoms with Gasteiger partial charge in [0, 0.05) is 13.1 Å². The van der Waals surface area contributed by atoms with Crippen molar-refractivity contribution in [3.8, 4) is 11.6 Å². The van der Waals surface area contributed by atoms with Gasteiger partial charge in [0.05, 0.1) is 11.0 Å². The molecule has 24 heavy (non-hydrogen) atoms. The number of nitrogens with zero attached hydrogens (tertiary/aromatic N) is 1. The SMILES string of the molecule is CC(F)(F)C1(c2ccc(Oc3ncc(C(N)=O)cc3F)cc2)CC1. The van der Waals surface area contributed by atoms with Crippen LogP contribution in [0.1, 0.15) is 35.7 Å². The van der Waals surface area contributed by atoms with Crippen LogP contribution in [0.2, 0.25) is 0 Å². The van der Waals surface area contributed by atoms with Crippen molar-refractivity contribution >= 4 is 5.91 Å². The molecule has 0 unspecified atom stereocenters. The normalized spacial score (nSPS) is 15.8. The van der Waals surface area contributed by atoms with Crippen LogP contribution in [0.15, 0.2) is 36.5 Å². The minimum atomic E-state index is -2.80. The lowest BCUT2D eigenvalue weighted by Crippen LogP contribution is -2.29. The molecule has 1 saturated carbocycles. The van der Waals surface area contributed by atoms with Crippen molar-refractivity contribution in [2.75, 3.05) is 0 Å². The molecular formula is C17H15F3N2O2. The van der Waals surface area contributed by atoms with Gasteiger partial charge in [-0.05, 0) is 36.6 Å². The van der Waals surface area contributed by atoms with E-state index >= 15 is 0 Å². The first-order valence-electron chi connectivity index (χ1n) is 7.34. The van der Waals surface area contributed by atoms with E-state index in [1.807, 2.05) is 0 Å². The zero-order valence-electron chi connectivity index (χ0n) is 12.9. The number of rotatable bonds is 5. The number of ether oxygens (including phenoxy) is 1. The van der Waals surface area contributed by atoms with E-state index in [1.165, 1.54) is 12.1 Å². The predicted octanol–water partition coefficient (Wildman–Crippen LogP) is 3.80. The molecule has 1 amide bonds. The maximum Gasteiger partial charge on any atom is 0.255 e. The van der Waals surface area contributed by atoms with Crippen LogP contribution in [-0.2, 0) is 5.41 Å². The number of hydrogen-bond acceptors (Lipinski definition) is 3. The van der Waals surface area contributed by atoms with E-state index in [0.717, 1.165) is 19.2 Å². The summed E-state index contributed by atoms with van der Waals surface area (Å²) in [7, 11) is 0. The number of amides is 1. The first kappa shape index (κ1) is 16.3. The Kier molecular flexibility index (Phi) is 3.74. The van der Waals surface area contributed by atoms with Gasteiger partial charge in [-0.2, -0.15) is 0 Å². The molecule has 1 heterocycles. The molecule has 2 aromatic rings. The Morgan fingerprint density at radius 1 is 1.29 bits per heavy atom. The van der Waals surface area contributed by atoms with Gasteiger partial charge < -0.3 is 10.5 Å². The van der Waals surface area contributed by atoms with Crippen LogP contribution in [0.4, 0.5) is 13.2 Å². The van der Waals surface area contributed by atoms with Crippen LogP contribution in [-0.4, -0.2) is 16.8 Å². The summed E-state index contributed by atoms with van der Waals surface area (Å²) in [5.74, 6) is -4.50. The smallest absolute Gasteiger partial charge is 0.255 e. The fourth-order valence-corrected chi connectivity index (χ4v) is 2.69. The summed E-state index contributed by atoms with van der Waals surface area (Å²) >= 11 is 0. The van der Waals surface area contributed by atoms with Gasteiger partial charge in [0.25, 0.3) is 11.8 Å². The molecule has 0 atom stereocenters. The van der Waals surface area contributed by atoms with Gasteiger partial charge in [-0.25, -0.2) is 18.2 Å². The van der Waals surface area contributed by atoms with Gasteiger partial charge in [-0.3, -0.25) is 4.79 Å². The van der Waals surface area contributed by atoms with E-state index in [0.29, 0.717) is 18.4 Å². The molecule has 1 aliphatic carbocycles. The summed E-state index contributed by atoms with van der Waals surface area (Å²) in [5.41, 5.74) is 4.38. The summed E-state index contributed by atoms with van der Waals surface area (Å²) in [6, 6.07) is 7.01. The quantitative estimate of drug-likeness (QED) is 0.903. The van der Waals surface area contributed by atoms with E-state index in [2.05, 4.69) is 4.98 Å². The van der Waals surface area contributed by atoms with Crippen LogP contribution < -0.4 is 10.5 Å². The van der Waals surface area contributed by atoms with E-state index in [4.69, 9.17) is 10.5 Å². The van der Waals surface area contributed by atoms with Gasteiger partial charge in [0.2, 0.25) is 5.91 Å². The Morgan fingerprint density at radius 3 is 2.38 bits per heavy atom. The fourth-order valence-electron chi connectivity index (χ4n) is 2.69. The van der Waals surface area contributed by atoms with E-state index in [9.17, 15) is 18.0 Å². The lowest BCUT2D eigenvalue weighted by Gasteiger charge is -2.23. The monoisotopic (exact) mass is 336 g/mol. The molecule has 1 aromatic carbocycles. The van der Waals surface area contributed by atoms with Crippen molar-refractivity contribution in [2.24, 2.45) is 5.73 Å². The van der Waals surface area contributed by atoms with Crippen molar-refractivity contribution in [1.29, 1.82) is 0 Å². The van der Waals surface area contributed by atoms with Crippen molar-refractivity contribution in [3.63, 3.8) is 0 Å². The first-order chi connectivity index (χ1) is 11.2. The third-order valence-corrected chi connectivity index (χ3v) is 4.30. The lowest BCUT2D eigenvalue weighted by molar-refractivity contribution is -0.0200. The Balaban J connectivity index is 1.79. The molecule has 1 aliphatic rings. The molecule has 0 bridgehead atoms. The summed E-state index contributed by atoms with van der Waals surface area (Å²) < 4.78 is 46.6. The predicted molar refractivity (Wildman–Crippen MR) is 80.8 cm³/mol. The molecule has 0 aliphatic heterocycles. The molecule has 1 aromatic heterocycles. The number of pyridine rings is 1. The van der Waals surface area contributed by atoms with Crippen molar-refractivity contribution < 1.29 is 22.7 Å². The van der Waals surface area contributed by atoms with Crippen molar-refractivity contribution in [1.82, 2.24) is 4.98 Å². The third-order valence-electron chi connectivity index (χ3n) is 4.30. The fraction of sp³-hybridized carbons (Fsp3) is 0.294. The number of alkyl halides is 2. The number of carbonyl (C=O) groups excluding carboxylic acids is 1. The summed E-state index contributed by atoms with van der Waals surface area (Å²) in [6.45, 7) is 0.921. The van der Waals surface area contributed by atoms with Crippen LogP contribution >= 0.6 is 0 Å². The van der Waals surface area contributed by atoms with Gasteiger partial charge in [-0.1, -0.05) is 12.1 Å². The van der Waals surface area contributed by atoms with Crippen LogP contribution in [0, 0.1) is 5.82 Å². The molecule has 0 radical (unpaired) electrons. The van der Waals surface area contributed by atoms with Gasteiger partial charge in [0.15, 0.2) is 5.82 Å². The molecular weight excluding hydrogens is 321 g/mol. The average molecular weight is 336 g/mol. The number of carbonyl (C=O) groups is 1. The number of benzene rings is 1. The van der Waals surface area contributed by atoms with Gasteiger partial charge >= 0.3 is 0 Å². The zero-order valence-corrected chi connectivity index (χ0v) is 12.9. The van der Waals surface area contributed by atoms with Crippen LogP contribution in [0.25, 0.3) is 0 Å². The summed E-state index contributed by atoms with van der Waals surface area (Å²) in [6.07, 6.45) is 1.97. The van der Waals surface area contributed by atoms with Crippen LogP contribution in [0.3, 0.4) is 0 Å². The molecule has 0 spiro atoms. The minimum Gasteiger partial charge on any atom is -0.436 e. The molecule has 1 fully saturated rings. The Morgan fingerprint density at radius 2 is 1.92 bits per heavy atom. The Labute approximate surface area is 136 Å². The minimum absolute atomic E-state index is 0.0731. The highest BCUT2D eigenvalue weighted by molar-refractivity contribution is 5.92. The summed E-state index contributed by atoms with van der Waals surface area (Å²) in [5, 5.41) is 0. The Hall–Kier alpha value is -2.57. The molecule has 126 valence electrons. The van der Waals surface area contributed by atoms with Crippen LogP contribution in [0.5, 0.6) is 11.6 Å². The third kappa shape index (κ3) is 2.81. The molecule has 0 saturated heterocycles. The second kappa shape index (κ2) is 5.51. The molecule has 7 heteroatoms. The van der Waals surface area contributed by atoms with Gasteiger partial charge in [0.1, 0.15) is 5.75 Å². The van der Waals surface area contributed by atoms with Gasteiger partial charge in [-0.15, -0.1) is 0 Å². The second-order valence-electron chi connectivity index (χ2n) is 5.97. The number of hydrogen-bond donors (Lipinski definition) is 1. The topological polar surface area (TPSA) is 65.2 Å². The van der Waals surface area contributed by atoms with E-state index in [-0.39, 0.29) is 17.2 Å². The number of halogens is 3. The highest BCUT2D eigenvalue weighted by atomic mass is 19.3. The molecule has 4 nitrogen and oxygen atoms in total. The maximum atomic E-state index is 13.8. The molecule has 2 N–H and O–H groups in total. The largest absolute Gasteiger partial charge is 0.436 e. The number of primary amides is 1. The molecule has 3 rings (SSSR count). The second-order valence-corrected chi connectivity index (χ2v) is 5.97. The summed E-state index contributed by atoms with van der Waals surface area (Å²) in [4.78, 5) is 14.7. The van der Waals surface area contributed by atoms with Crippen molar-refractivity contribution in [2.45, 2.75) is 31.1 Å². The zero-order chi connectivity index (χ0) is 17.5. The highest BCUT2D eigenvalue weighted by Gasteiger charge is 2.59. The van der Waals surface area contributed by atoms with E-state index < -0.39 is 23.1 Å². The lowest BCUT2D eigenvalue weighted by atomic mass is 9.90. The highest BCUT2D eigenvalue weighted by Crippen LogP contribution is 2.58. The standard InChI is InChI=1S/C17H15F3N2O2/c1-16(19,20)17(6-7-17)11-2-4-12(5-3-11)24-15-13(18)8-10(9-22-15)14(21)23/h2-5,8-9H,6-7H2,1H3,(H2,21,23). The Bertz CT molecular complexity index is 781. The van der Waals surface area contributed by atoms with Crippen molar-refractivity contribution in [3.05, 3.63) is 53.5 Å². The average Bonchev–Trinajstić information content (AvgIpc) is 3.31. The van der Waals surface area contributed by atoms with E-state index in [1.54, 1.807) is 12.1 Å².